The summed E-state index contributed by atoms with van der Waals surface area (Å²) in [7, 11) is -3.63. The fourth-order valence-electron chi connectivity index (χ4n) is 4.14. The van der Waals surface area contributed by atoms with Crippen LogP contribution in [0.15, 0.2) is 29.2 Å². The minimum Gasteiger partial charge on any atom is -0.370 e. The van der Waals surface area contributed by atoms with Crippen LogP contribution < -0.4 is 10.5 Å². The average Bonchev–Trinajstić information content (AvgIpc) is 3.18. The first-order valence-electron chi connectivity index (χ1n) is 10.0. The smallest absolute Gasteiger partial charge is 0.253 e. The van der Waals surface area contributed by atoms with E-state index in [1.807, 2.05) is 0 Å². The van der Waals surface area contributed by atoms with E-state index in [0.717, 1.165) is 38.5 Å². The maximum atomic E-state index is 12.9. The van der Waals surface area contributed by atoms with Crippen molar-refractivity contribution < 1.29 is 18.0 Å². The van der Waals surface area contributed by atoms with Crippen molar-refractivity contribution in [1.29, 1.82) is 0 Å². The summed E-state index contributed by atoms with van der Waals surface area (Å²) in [6.07, 6.45) is 6.64. The Kier molecular flexibility index (Phi) is 6.72. The summed E-state index contributed by atoms with van der Waals surface area (Å²) >= 11 is 0. The second-order valence-electron chi connectivity index (χ2n) is 7.89. The fraction of sp³-hybridized carbons (Fsp3) is 0.600. The summed E-state index contributed by atoms with van der Waals surface area (Å²) in [6.45, 7) is 1.21. The van der Waals surface area contributed by atoms with E-state index >= 15 is 0 Å². The van der Waals surface area contributed by atoms with Gasteiger partial charge in [-0.05, 0) is 56.2 Å². The van der Waals surface area contributed by atoms with Crippen molar-refractivity contribution in [2.45, 2.75) is 62.3 Å². The topological polar surface area (TPSA) is 110 Å². The normalized spacial score (nSPS) is 21.0. The van der Waals surface area contributed by atoms with Crippen LogP contribution in [0.5, 0.6) is 0 Å². The van der Waals surface area contributed by atoms with Gasteiger partial charge in [0.05, 0.1) is 4.90 Å². The Hall–Kier alpha value is -1.93. The number of benzene rings is 1. The predicted octanol–water partition coefficient (Wildman–Crippen LogP) is 2.03. The van der Waals surface area contributed by atoms with Gasteiger partial charge in [0.25, 0.3) is 5.91 Å². The average molecular weight is 408 g/mol. The highest BCUT2D eigenvalue weighted by molar-refractivity contribution is 7.89. The molecular formula is C20H29N3O4S. The van der Waals surface area contributed by atoms with Gasteiger partial charge >= 0.3 is 0 Å². The SMILES string of the molecule is NC(=O)CCC1CCCN(C(=O)c2cccc(S(=O)(=O)NC3CCCC3)c2)C1. The quantitative estimate of drug-likeness (QED) is 0.720. The van der Waals surface area contributed by atoms with E-state index in [-0.39, 0.29) is 28.7 Å². The summed E-state index contributed by atoms with van der Waals surface area (Å²) in [5.74, 6) is -0.237. The van der Waals surface area contributed by atoms with Gasteiger partial charge in [0.15, 0.2) is 0 Å². The molecule has 0 bridgehead atoms. The van der Waals surface area contributed by atoms with Crippen molar-refractivity contribution in [3.63, 3.8) is 0 Å². The maximum absolute atomic E-state index is 12.9. The van der Waals surface area contributed by atoms with E-state index in [2.05, 4.69) is 4.72 Å². The number of sulfonamides is 1. The molecule has 0 spiro atoms. The Morgan fingerprint density at radius 3 is 2.61 bits per heavy atom. The number of hydrogen-bond acceptors (Lipinski definition) is 4. The number of rotatable bonds is 7. The monoisotopic (exact) mass is 407 g/mol. The van der Waals surface area contributed by atoms with Crippen LogP contribution >= 0.6 is 0 Å². The molecular weight excluding hydrogens is 378 g/mol. The molecule has 1 aromatic rings. The summed E-state index contributed by atoms with van der Waals surface area (Å²) < 4.78 is 28.1. The number of likely N-dealkylation sites (tertiary alicyclic amines) is 1. The van der Waals surface area contributed by atoms with Gasteiger partial charge in [-0.1, -0.05) is 18.9 Å². The molecule has 3 rings (SSSR count). The first-order valence-corrected chi connectivity index (χ1v) is 11.5. The van der Waals surface area contributed by atoms with E-state index < -0.39 is 10.0 Å². The maximum Gasteiger partial charge on any atom is 0.253 e. The number of amides is 2. The molecule has 7 nitrogen and oxygen atoms in total. The highest BCUT2D eigenvalue weighted by Gasteiger charge is 2.27. The molecule has 2 amide bonds. The van der Waals surface area contributed by atoms with Gasteiger partial charge in [-0.25, -0.2) is 13.1 Å². The molecule has 1 saturated heterocycles. The van der Waals surface area contributed by atoms with Crippen LogP contribution in [0, 0.1) is 5.92 Å². The van der Waals surface area contributed by atoms with Crippen LogP contribution in [0.1, 0.15) is 61.7 Å². The molecule has 0 radical (unpaired) electrons. The largest absolute Gasteiger partial charge is 0.370 e. The number of nitrogens with one attached hydrogen (secondary N) is 1. The third kappa shape index (κ3) is 5.32. The van der Waals surface area contributed by atoms with E-state index in [1.165, 1.54) is 12.1 Å². The third-order valence-corrected chi connectivity index (χ3v) is 7.19. The summed E-state index contributed by atoms with van der Waals surface area (Å²) in [5.41, 5.74) is 5.61. The molecule has 1 unspecified atom stereocenters. The molecule has 1 heterocycles. The van der Waals surface area contributed by atoms with Gasteiger partial charge in [-0.2, -0.15) is 0 Å². The first-order chi connectivity index (χ1) is 13.3. The highest BCUT2D eigenvalue weighted by Crippen LogP contribution is 2.24. The fourth-order valence-corrected chi connectivity index (χ4v) is 5.49. The lowest BCUT2D eigenvalue weighted by Gasteiger charge is -2.32. The lowest BCUT2D eigenvalue weighted by Crippen LogP contribution is -2.40. The second-order valence-corrected chi connectivity index (χ2v) is 9.61. The number of carbonyl (C=O) groups is 2. The van der Waals surface area contributed by atoms with Gasteiger partial charge < -0.3 is 10.6 Å². The Balaban J connectivity index is 1.68. The van der Waals surface area contributed by atoms with Crippen LogP contribution in [0.4, 0.5) is 0 Å². The van der Waals surface area contributed by atoms with Crippen LogP contribution in [0.3, 0.4) is 0 Å². The Morgan fingerprint density at radius 2 is 1.89 bits per heavy atom. The zero-order valence-corrected chi connectivity index (χ0v) is 16.9. The first kappa shape index (κ1) is 20.8. The van der Waals surface area contributed by atoms with Gasteiger partial charge in [-0.15, -0.1) is 0 Å². The molecule has 1 aliphatic heterocycles. The third-order valence-electron chi connectivity index (χ3n) is 5.67. The molecule has 0 aromatic heterocycles. The van der Waals surface area contributed by atoms with Crippen molar-refractivity contribution in [2.24, 2.45) is 11.7 Å². The molecule has 1 atom stereocenters. The lowest BCUT2D eigenvalue weighted by atomic mass is 9.93. The molecule has 154 valence electrons. The highest BCUT2D eigenvalue weighted by atomic mass is 32.2. The van der Waals surface area contributed by atoms with Crippen molar-refractivity contribution in [3.05, 3.63) is 29.8 Å². The van der Waals surface area contributed by atoms with Gasteiger partial charge in [0, 0.05) is 31.1 Å². The van der Waals surface area contributed by atoms with Crippen LogP contribution in [-0.2, 0) is 14.8 Å². The van der Waals surface area contributed by atoms with E-state index in [0.29, 0.717) is 31.5 Å². The van der Waals surface area contributed by atoms with E-state index in [9.17, 15) is 18.0 Å². The number of piperidine rings is 1. The van der Waals surface area contributed by atoms with Crippen molar-refractivity contribution >= 4 is 21.8 Å². The zero-order valence-electron chi connectivity index (χ0n) is 16.1. The molecule has 8 heteroatoms. The number of nitrogens with zero attached hydrogens (tertiary/aromatic N) is 1. The number of nitrogens with two attached hydrogens (primary N) is 1. The molecule has 1 saturated carbocycles. The van der Waals surface area contributed by atoms with Crippen molar-refractivity contribution in [2.75, 3.05) is 13.1 Å². The van der Waals surface area contributed by atoms with Crippen LogP contribution in [0.2, 0.25) is 0 Å². The Labute approximate surface area is 166 Å². The lowest BCUT2D eigenvalue weighted by molar-refractivity contribution is -0.118. The van der Waals surface area contributed by atoms with E-state index in [1.54, 1.807) is 17.0 Å². The number of hydrogen-bond donors (Lipinski definition) is 2. The summed E-state index contributed by atoms with van der Waals surface area (Å²) in [6, 6.07) is 6.25. The summed E-state index contributed by atoms with van der Waals surface area (Å²) in [4.78, 5) is 25.8. The standard InChI is InChI=1S/C20H29N3O4S/c21-19(24)11-10-15-5-4-12-23(14-15)20(25)16-6-3-9-18(13-16)28(26,27)22-17-7-1-2-8-17/h3,6,9,13,15,17,22H,1-2,4-5,7-8,10-12,14H2,(H2,21,24). The summed E-state index contributed by atoms with van der Waals surface area (Å²) in [5, 5.41) is 0. The van der Waals surface area contributed by atoms with Gasteiger partial charge in [0.2, 0.25) is 15.9 Å². The Bertz CT molecular complexity index is 818. The molecule has 3 N–H and O–H groups in total. The predicted molar refractivity (Wildman–Crippen MR) is 106 cm³/mol. The Morgan fingerprint density at radius 1 is 1.14 bits per heavy atom. The van der Waals surface area contributed by atoms with Crippen molar-refractivity contribution in [1.82, 2.24) is 9.62 Å². The van der Waals surface area contributed by atoms with Gasteiger partial charge in [0.1, 0.15) is 0 Å². The minimum atomic E-state index is -3.63. The minimum absolute atomic E-state index is 0.0162. The number of carbonyl (C=O) groups excluding carboxylic acids is 2. The molecule has 2 aliphatic rings. The van der Waals surface area contributed by atoms with Crippen LogP contribution in [-0.4, -0.2) is 44.3 Å². The zero-order chi connectivity index (χ0) is 20.1. The van der Waals surface area contributed by atoms with E-state index in [4.69, 9.17) is 5.73 Å². The molecule has 28 heavy (non-hydrogen) atoms. The second kappa shape index (κ2) is 9.05. The van der Waals surface area contributed by atoms with Crippen molar-refractivity contribution in [3.8, 4) is 0 Å². The van der Waals surface area contributed by atoms with Crippen LogP contribution in [0.25, 0.3) is 0 Å². The number of primary amides is 1. The molecule has 1 aliphatic carbocycles. The molecule has 2 fully saturated rings. The molecule has 1 aromatic carbocycles. The van der Waals surface area contributed by atoms with Gasteiger partial charge in [-0.3, -0.25) is 9.59 Å².